The van der Waals surface area contributed by atoms with Crippen molar-refractivity contribution in [3.63, 3.8) is 0 Å². The van der Waals surface area contributed by atoms with Gasteiger partial charge in [0.05, 0.1) is 12.4 Å². The summed E-state index contributed by atoms with van der Waals surface area (Å²) in [5.74, 6) is -0.840. The van der Waals surface area contributed by atoms with E-state index in [9.17, 15) is 4.79 Å². The number of nitrogens with zero attached hydrogens (tertiary/aromatic N) is 2. The van der Waals surface area contributed by atoms with Gasteiger partial charge in [-0.25, -0.2) is 4.98 Å². The molecule has 0 radical (unpaired) electrons. The van der Waals surface area contributed by atoms with Gasteiger partial charge in [-0.3, -0.25) is 4.79 Å². The average Bonchev–Trinajstić information content (AvgIpc) is 2.65. The molecule has 0 spiro atoms. The fourth-order valence-corrected chi connectivity index (χ4v) is 1.37. The Labute approximate surface area is 82.8 Å². The molecule has 0 saturated heterocycles. The molecular formula is C9H15N3O2. The Kier molecular flexibility index (Phi) is 3.64. The third-order valence-electron chi connectivity index (χ3n) is 2.17. The van der Waals surface area contributed by atoms with Gasteiger partial charge in [-0.1, -0.05) is 6.92 Å². The summed E-state index contributed by atoms with van der Waals surface area (Å²) in [6.45, 7) is 4.37. The zero-order valence-corrected chi connectivity index (χ0v) is 8.34. The van der Waals surface area contributed by atoms with Crippen LogP contribution >= 0.6 is 0 Å². The van der Waals surface area contributed by atoms with Crippen LogP contribution in [0.5, 0.6) is 0 Å². The topological polar surface area (TPSA) is 67.2 Å². The number of rotatable bonds is 5. The molecule has 78 valence electrons. The van der Waals surface area contributed by atoms with Crippen LogP contribution in [-0.4, -0.2) is 33.2 Å². The first-order chi connectivity index (χ1) is 6.66. The molecular weight excluding hydrogens is 182 g/mol. The molecule has 0 bridgehead atoms. The molecule has 2 N–H and O–H groups in total. The second-order valence-electron chi connectivity index (χ2n) is 3.12. The Morgan fingerprint density at radius 3 is 2.86 bits per heavy atom. The molecule has 14 heavy (non-hydrogen) atoms. The van der Waals surface area contributed by atoms with Crippen molar-refractivity contribution in [1.29, 1.82) is 0 Å². The molecule has 0 aliphatic carbocycles. The van der Waals surface area contributed by atoms with Gasteiger partial charge in [0.2, 0.25) is 0 Å². The van der Waals surface area contributed by atoms with Crippen LogP contribution in [0.25, 0.3) is 0 Å². The van der Waals surface area contributed by atoms with Gasteiger partial charge in [0, 0.05) is 12.4 Å². The fourth-order valence-electron chi connectivity index (χ4n) is 1.37. The number of nitrogens with one attached hydrogen (secondary N) is 1. The number of carboxylic acids is 1. The van der Waals surface area contributed by atoms with E-state index in [-0.39, 0.29) is 6.04 Å². The molecule has 5 heteroatoms. The van der Waals surface area contributed by atoms with Crippen molar-refractivity contribution < 1.29 is 9.90 Å². The molecule has 0 aliphatic rings. The lowest BCUT2D eigenvalue weighted by molar-refractivity contribution is -0.140. The highest BCUT2D eigenvalue weighted by molar-refractivity contribution is 5.74. The number of aliphatic carboxylic acids is 1. The molecule has 1 aromatic heterocycles. The Bertz CT molecular complexity index is 284. The molecule has 1 aromatic rings. The predicted molar refractivity (Wildman–Crippen MR) is 52.0 cm³/mol. The van der Waals surface area contributed by atoms with Gasteiger partial charge >= 0.3 is 5.97 Å². The average molecular weight is 197 g/mol. The number of imidazole rings is 1. The minimum absolute atomic E-state index is 0.144. The van der Waals surface area contributed by atoms with Gasteiger partial charge in [-0.15, -0.1) is 0 Å². The van der Waals surface area contributed by atoms with Crippen LogP contribution in [0.2, 0.25) is 0 Å². The Morgan fingerprint density at radius 1 is 1.71 bits per heavy atom. The largest absolute Gasteiger partial charge is 0.480 e. The van der Waals surface area contributed by atoms with Crippen molar-refractivity contribution in [3.05, 3.63) is 18.7 Å². The van der Waals surface area contributed by atoms with Crippen LogP contribution in [0.3, 0.4) is 0 Å². The fraction of sp³-hybridized carbons (Fsp3) is 0.556. The maximum absolute atomic E-state index is 10.9. The van der Waals surface area contributed by atoms with Crippen LogP contribution in [0, 0.1) is 0 Å². The van der Waals surface area contributed by atoms with Crippen molar-refractivity contribution >= 4 is 5.97 Å². The van der Waals surface area contributed by atoms with E-state index in [2.05, 4.69) is 10.3 Å². The lowest BCUT2D eigenvalue weighted by Crippen LogP contribution is -2.42. The summed E-state index contributed by atoms with van der Waals surface area (Å²) in [7, 11) is 0. The quantitative estimate of drug-likeness (QED) is 0.721. The van der Waals surface area contributed by atoms with E-state index < -0.39 is 12.0 Å². The highest BCUT2D eigenvalue weighted by atomic mass is 16.4. The molecule has 0 saturated carbocycles. The third kappa shape index (κ3) is 2.32. The van der Waals surface area contributed by atoms with Crippen molar-refractivity contribution in [2.24, 2.45) is 0 Å². The van der Waals surface area contributed by atoms with E-state index >= 15 is 0 Å². The van der Waals surface area contributed by atoms with E-state index in [1.165, 1.54) is 0 Å². The molecule has 0 amide bonds. The molecule has 1 heterocycles. The smallest absolute Gasteiger partial charge is 0.322 e. The van der Waals surface area contributed by atoms with E-state index in [4.69, 9.17) is 5.11 Å². The summed E-state index contributed by atoms with van der Waals surface area (Å²) < 4.78 is 1.78. The van der Waals surface area contributed by atoms with E-state index in [1.807, 2.05) is 13.8 Å². The zero-order chi connectivity index (χ0) is 10.6. The maximum atomic E-state index is 10.9. The van der Waals surface area contributed by atoms with Gasteiger partial charge < -0.3 is 15.0 Å². The first-order valence-corrected chi connectivity index (χ1v) is 4.60. The van der Waals surface area contributed by atoms with Crippen LogP contribution in [-0.2, 0) is 4.79 Å². The molecule has 1 rings (SSSR count). The summed E-state index contributed by atoms with van der Waals surface area (Å²) in [5, 5.41) is 11.9. The molecule has 0 fully saturated rings. The predicted octanol–water partition coefficient (Wildman–Crippen LogP) is 0.507. The number of likely N-dealkylation sites (N-methyl/N-ethyl adjacent to an activating group) is 1. The third-order valence-corrected chi connectivity index (χ3v) is 2.17. The summed E-state index contributed by atoms with van der Waals surface area (Å²) in [5.41, 5.74) is 0. The first-order valence-electron chi connectivity index (χ1n) is 4.60. The highest BCUT2D eigenvalue weighted by Gasteiger charge is 2.24. The Hall–Kier alpha value is -1.36. The molecule has 0 aliphatic heterocycles. The minimum atomic E-state index is -0.840. The van der Waals surface area contributed by atoms with Gasteiger partial charge in [-0.2, -0.15) is 0 Å². The van der Waals surface area contributed by atoms with Crippen LogP contribution in [0.15, 0.2) is 18.7 Å². The molecule has 2 unspecified atom stereocenters. The standard InChI is InChI=1S/C9H15N3O2/c1-3-11-8(9(13)14)7(2)12-5-4-10-6-12/h4-8,11H,3H2,1-2H3,(H,13,14). The monoisotopic (exact) mass is 197 g/mol. The van der Waals surface area contributed by atoms with Crippen LogP contribution in [0.1, 0.15) is 19.9 Å². The summed E-state index contributed by atoms with van der Waals surface area (Å²) >= 11 is 0. The van der Waals surface area contributed by atoms with Crippen molar-refractivity contribution in [2.45, 2.75) is 25.9 Å². The van der Waals surface area contributed by atoms with Gasteiger partial charge in [0.25, 0.3) is 0 Å². The number of aromatic nitrogens is 2. The van der Waals surface area contributed by atoms with E-state index in [0.29, 0.717) is 6.54 Å². The SMILES string of the molecule is CCNC(C(=O)O)C(C)n1ccnc1. The van der Waals surface area contributed by atoms with Crippen molar-refractivity contribution in [3.8, 4) is 0 Å². The highest BCUT2D eigenvalue weighted by Crippen LogP contribution is 2.10. The summed E-state index contributed by atoms with van der Waals surface area (Å²) in [6, 6.07) is -0.718. The Balaban J connectivity index is 2.73. The van der Waals surface area contributed by atoms with E-state index in [1.54, 1.807) is 23.3 Å². The number of hydrogen-bond acceptors (Lipinski definition) is 3. The van der Waals surface area contributed by atoms with Crippen molar-refractivity contribution in [1.82, 2.24) is 14.9 Å². The van der Waals surface area contributed by atoms with Crippen LogP contribution in [0.4, 0.5) is 0 Å². The molecule has 5 nitrogen and oxygen atoms in total. The van der Waals surface area contributed by atoms with Gasteiger partial charge in [0.1, 0.15) is 6.04 Å². The Morgan fingerprint density at radius 2 is 2.43 bits per heavy atom. The number of carboxylic acid groups (broad SMARTS) is 1. The zero-order valence-electron chi connectivity index (χ0n) is 8.34. The molecule has 0 aromatic carbocycles. The lowest BCUT2D eigenvalue weighted by Gasteiger charge is -2.21. The maximum Gasteiger partial charge on any atom is 0.322 e. The van der Waals surface area contributed by atoms with E-state index in [0.717, 1.165) is 0 Å². The van der Waals surface area contributed by atoms with Gasteiger partial charge in [-0.05, 0) is 13.5 Å². The summed E-state index contributed by atoms with van der Waals surface area (Å²) in [4.78, 5) is 14.8. The number of hydrogen-bond donors (Lipinski definition) is 2. The minimum Gasteiger partial charge on any atom is -0.480 e. The summed E-state index contributed by atoms with van der Waals surface area (Å²) in [6.07, 6.45) is 5.03. The van der Waals surface area contributed by atoms with Crippen LogP contribution < -0.4 is 5.32 Å². The first kappa shape index (κ1) is 10.7. The lowest BCUT2D eigenvalue weighted by atomic mass is 10.1. The molecule has 2 atom stereocenters. The normalized spacial score (nSPS) is 15.0. The van der Waals surface area contributed by atoms with Gasteiger partial charge in [0.15, 0.2) is 0 Å². The van der Waals surface area contributed by atoms with Crippen molar-refractivity contribution in [2.75, 3.05) is 6.54 Å². The number of carbonyl (C=O) groups is 1. The second kappa shape index (κ2) is 4.76. The second-order valence-corrected chi connectivity index (χ2v) is 3.12.